The fourth-order valence-electron chi connectivity index (χ4n) is 2.19. The van der Waals surface area contributed by atoms with Gasteiger partial charge in [-0.2, -0.15) is 0 Å². The fraction of sp³-hybridized carbons (Fsp3) is 0.467. The second-order valence-electron chi connectivity index (χ2n) is 4.89. The first-order chi connectivity index (χ1) is 10.1. The molecule has 1 aromatic rings. The maximum atomic E-state index is 12.7. The highest BCUT2D eigenvalue weighted by molar-refractivity contribution is 6.03. The summed E-state index contributed by atoms with van der Waals surface area (Å²) in [5.41, 5.74) is 6.55. The summed E-state index contributed by atoms with van der Waals surface area (Å²) in [6.45, 7) is 1.97. The minimum absolute atomic E-state index is 0.0607. The molecular weight excluding hydrogens is 272 g/mol. The first-order valence-corrected chi connectivity index (χ1v) is 6.97. The van der Waals surface area contributed by atoms with E-state index in [0.29, 0.717) is 23.6 Å². The van der Waals surface area contributed by atoms with Crippen LogP contribution in [0.15, 0.2) is 18.2 Å². The number of carbonyl (C=O) groups is 2. The highest BCUT2D eigenvalue weighted by Gasteiger charge is 2.36. The lowest BCUT2D eigenvalue weighted by atomic mass is 10.1. The number of nitrogen functional groups attached to an aromatic ring is 1. The van der Waals surface area contributed by atoms with Gasteiger partial charge >= 0.3 is 5.97 Å². The zero-order chi connectivity index (χ0) is 15.4. The molecule has 0 saturated heterocycles. The highest BCUT2D eigenvalue weighted by atomic mass is 16.5. The number of rotatable bonds is 6. The van der Waals surface area contributed by atoms with Crippen LogP contribution < -0.4 is 10.5 Å². The van der Waals surface area contributed by atoms with E-state index in [-0.39, 0.29) is 18.5 Å². The quantitative estimate of drug-likeness (QED) is 0.634. The lowest BCUT2D eigenvalue weighted by Crippen LogP contribution is -2.38. The molecule has 2 N–H and O–H groups in total. The number of nitrogens with zero attached hydrogens (tertiary/aromatic N) is 1. The van der Waals surface area contributed by atoms with Crippen molar-refractivity contribution in [3.8, 4) is 5.75 Å². The molecule has 1 amide bonds. The van der Waals surface area contributed by atoms with E-state index in [9.17, 15) is 9.59 Å². The maximum absolute atomic E-state index is 12.7. The van der Waals surface area contributed by atoms with Crippen molar-refractivity contribution >= 4 is 17.6 Å². The minimum atomic E-state index is -0.411. The van der Waals surface area contributed by atoms with Gasteiger partial charge < -0.3 is 20.1 Å². The van der Waals surface area contributed by atoms with Gasteiger partial charge in [0.25, 0.3) is 5.91 Å². The number of methoxy groups -OCH3 is 1. The zero-order valence-corrected chi connectivity index (χ0v) is 12.3. The molecule has 0 atom stereocenters. The van der Waals surface area contributed by atoms with Crippen molar-refractivity contribution in [2.24, 2.45) is 0 Å². The summed E-state index contributed by atoms with van der Waals surface area (Å²) in [5, 5.41) is 0. The Kier molecular flexibility index (Phi) is 4.67. The Morgan fingerprint density at radius 2 is 2.10 bits per heavy atom. The summed E-state index contributed by atoms with van der Waals surface area (Å²) < 4.78 is 10.1. The highest BCUT2D eigenvalue weighted by Crippen LogP contribution is 2.32. The maximum Gasteiger partial charge on any atom is 0.325 e. The summed E-state index contributed by atoms with van der Waals surface area (Å²) in [7, 11) is 1.48. The van der Waals surface area contributed by atoms with Crippen LogP contribution in [0.2, 0.25) is 0 Å². The molecule has 0 radical (unpaired) electrons. The SMILES string of the molecule is CCOC(=O)CN(C(=O)c1c(N)cccc1OC)C1CC1. The van der Waals surface area contributed by atoms with E-state index >= 15 is 0 Å². The number of carbonyl (C=O) groups excluding carboxylic acids is 2. The van der Waals surface area contributed by atoms with Crippen LogP contribution in [0.5, 0.6) is 5.75 Å². The van der Waals surface area contributed by atoms with Crippen molar-refractivity contribution < 1.29 is 19.1 Å². The van der Waals surface area contributed by atoms with Gasteiger partial charge in [-0.25, -0.2) is 0 Å². The van der Waals surface area contributed by atoms with Crippen LogP contribution in [0, 0.1) is 0 Å². The number of amides is 1. The average molecular weight is 292 g/mol. The Hall–Kier alpha value is -2.24. The van der Waals surface area contributed by atoms with Crippen LogP contribution in [-0.4, -0.2) is 43.1 Å². The number of nitrogens with two attached hydrogens (primary N) is 1. The van der Waals surface area contributed by atoms with Crippen LogP contribution >= 0.6 is 0 Å². The van der Waals surface area contributed by atoms with Gasteiger partial charge in [0.05, 0.1) is 13.7 Å². The number of hydrogen-bond acceptors (Lipinski definition) is 5. The molecule has 0 heterocycles. The van der Waals surface area contributed by atoms with Crippen molar-refractivity contribution in [2.45, 2.75) is 25.8 Å². The molecule has 0 aliphatic heterocycles. The average Bonchev–Trinajstić information content (AvgIpc) is 3.28. The molecule has 0 bridgehead atoms. The monoisotopic (exact) mass is 292 g/mol. The third-order valence-electron chi connectivity index (χ3n) is 3.35. The molecule has 2 rings (SSSR count). The lowest BCUT2D eigenvalue weighted by Gasteiger charge is -2.23. The second kappa shape index (κ2) is 6.47. The third kappa shape index (κ3) is 3.45. The van der Waals surface area contributed by atoms with Crippen molar-refractivity contribution in [3.05, 3.63) is 23.8 Å². The van der Waals surface area contributed by atoms with Gasteiger partial charge in [-0.15, -0.1) is 0 Å². The first kappa shape index (κ1) is 15.2. The van der Waals surface area contributed by atoms with E-state index in [1.165, 1.54) is 12.0 Å². The molecular formula is C15H20N2O4. The standard InChI is InChI=1S/C15H20N2O4/c1-3-21-13(18)9-17(10-7-8-10)15(19)14-11(16)5-4-6-12(14)20-2/h4-6,10H,3,7-9,16H2,1-2H3. The van der Waals surface area contributed by atoms with Crippen LogP contribution in [0.25, 0.3) is 0 Å². The second-order valence-corrected chi connectivity index (χ2v) is 4.89. The lowest BCUT2D eigenvalue weighted by molar-refractivity contribution is -0.144. The van der Waals surface area contributed by atoms with Crippen LogP contribution in [0.3, 0.4) is 0 Å². The largest absolute Gasteiger partial charge is 0.496 e. The van der Waals surface area contributed by atoms with Crippen molar-refractivity contribution in [1.82, 2.24) is 4.90 Å². The molecule has 0 aromatic heterocycles. The van der Waals surface area contributed by atoms with Crippen LogP contribution in [-0.2, 0) is 9.53 Å². The number of ether oxygens (including phenoxy) is 2. The molecule has 114 valence electrons. The summed E-state index contributed by atoms with van der Waals surface area (Å²) in [5.74, 6) is -0.291. The van der Waals surface area contributed by atoms with Gasteiger partial charge in [-0.1, -0.05) is 6.07 Å². The summed E-state index contributed by atoms with van der Waals surface area (Å²) in [6, 6.07) is 5.12. The zero-order valence-electron chi connectivity index (χ0n) is 12.3. The van der Waals surface area contributed by atoms with Crippen molar-refractivity contribution in [1.29, 1.82) is 0 Å². The summed E-state index contributed by atoms with van der Waals surface area (Å²) >= 11 is 0. The fourth-order valence-corrected chi connectivity index (χ4v) is 2.19. The van der Waals surface area contributed by atoms with Crippen LogP contribution in [0.1, 0.15) is 30.1 Å². The molecule has 6 heteroatoms. The van der Waals surface area contributed by atoms with Crippen molar-refractivity contribution in [3.63, 3.8) is 0 Å². The van der Waals surface area contributed by atoms with E-state index < -0.39 is 5.97 Å². The summed E-state index contributed by atoms with van der Waals surface area (Å²) in [6.07, 6.45) is 1.78. The third-order valence-corrected chi connectivity index (χ3v) is 3.35. The molecule has 1 aliphatic carbocycles. The molecule has 1 aliphatic rings. The van der Waals surface area contributed by atoms with E-state index in [4.69, 9.17) is 15.2 Å². The van der Waals surface area contributed by atoms with E-state index in [1.54, 1.807) is 25.1 Å². The van der Waals surface area contributed by atoms with Gasteiger partial charge in [0.15, 0.2) is 0 Å². The summed E-state index contributed by atoms with van der Waals surface area (Å²) in [4.78, 5) is 25.9. The Balaban J connectivity index is 2.25. The Bertz CT molecular complexity index is 540. The van der Waals surface area contributed by atoms with Gasteiger partial charge in [0, 0.05) is 11.7 Å². The predicted octanol–water partition coefficient (Wildman–Crippen LogP) is 1.45. The van der Waals surface area contributed by atoms with Gasteiger partial charge in [0.2, 0.25) is 0 Å². The van der Waals surface area contributed by atoms with E-state index in [2.05, 4.69) is 0 Å². The van der Waals surface area contributed by atoms with Gasteiger partial charge in [-0.3, -0.25) is 9.59 Å². The normalized spacial score (nSPS) is 13.6. The smallest absolute Gasteiger partial charge is 0.325 e. The topological polar surface area (TPSA) is 81.9 Å². The molecule has 1 aromatic carbocycles. The molecule has 1 fully saturated rings. The first-order valence-electron chi connectivity index (χ1n) is 6.97. The van der Waals surface area contributed by atoms with Crippen molar-refractivity contribution in [2.75, 3.05) is 26.0 Å². The van der Waals surface area contributed by atoms with E-state index in [0.717, 1.165) is 12.8 Å². The number of benzene rings is 1. The number of anilines is 1. The predicted molar refractivity (Wildman–Crippen MR) is 78.1 cm³/mol. The van der Waals surface area contributed by atoms with E-state index in [1.807, 2.05) is 0 Å². The molecule has 0 spiro atoms. The molecule has 0 unspecified atom stereocenters. The number of esters is 1. The molecule has 21 heavy (non-hydrogen) atoms. The molecule has 1 saturated carbocycles. The van der Waals surface area contributed by atoms with Gasteiger partial charge in [-0.05, 0) is 31.9 Å². The molecule has 6 nitrogen and oxygen atoms in total. The Morgan fingerprint density at radius 3 is 2.67 bits per heavy atom. The Labute approximate surface area is 123 Å². The number of hydrogen-bond donors (Lipinski definition) is 1. The minimum Gasteiger partial charge on any atom is -0.496 e. The van der Waals surface area contributed by atoms with Crippen LogP contribution in [0.4, 0.5) is 5.69 Å². The Morgan fingerprint density at radius 1 is 1.38 bits per heavy atom. The van der Waals surface area contributed by atoms with Gasteiger partial charge in [0.1, 0.15) is 17.9 Å².